The summed E-state index contributed by atoms with van der Waals surface area (Å²) in [7, 11) is 11.3. The van der Waals surface area contributed by atoms with Gasteiger partial charge in [0.25, 0.3) is 5.91 Å². The predicted molar refractivity (Wildman–Crippen MR) is 238 cm³/mol. The number of anilines is 4. The van der Waals surface area contributed by atoms with Crippen molar-refractivity contribution in [3.63, 3.8) is 0 Å². The molecule has 15 nitrogen and oxygen atoms in total. The van der Waals surface area contributed by atoms with Gasteiger partial charge < -0.3 is 35.4 Å². The van der Waals surface area contributed by atoms with E-state index in [9.17, 15) is 9.59 Å². The van der Waals surface area contributed by atoms with Gasteiger partial charge in [0, 0.05) is 64.5 Å². The van der Waals surface area contributed by atoms with Gasteiger partial charge in [-0.1, -0.05) is 24.3 Å². The fourth-order valence-electron chi connectivity index (χ4n) is 6.26. The first-order valence-corrected chi connectivity index (χ1v) is 19.7. The van der Waals surface area contributed by atoms with E-state index >= 15 is 0 Å². The molecule has 2 aliphatic rings. The quantitative estimate of drug-likeness (QED) is 0.106. The molecule has 8 rings (SSSR count). The zero-order valence-corrected chi connectivity index (χ0v) is 34.8. The molecule has 0 unspecified atom stereocenters. The van der Waals surface area contributed by atoms with Gasteiger partial charge in [0.05, 0.1) is 60.5 Å². The van der Waals surface area contributed by atoms with Crippen molar-refractivity contribution in [3.8, 4) is 33.8 Å². The summed E-state index contributed by atoms with van der Waals surface area (Å²) in [5.74, 6) is 1.41. The number of hydrogen-bond donors (Lipinski definition) is 4. The molecule has 17 heteroatoms. The summed E-state index contributed by atoms with van der Waals surface area (Å²) in [4.78, 5) is 51.5. The molecule has 0 atom stereocenters. The van der Waals surface area contributed by atoms with Crippen LogP contribution in [0.3, 0.4) is 0 Å². The molecule has 0 bridgehead atoms. The highest BCUT2D eigenvalue weighted by Crippen LogP contribution is 2.25. The van der Waals surface area contributed by atoms with Crippen molar-refractivity contribution < 1.29 is 24.2 Å². The number of carbonyl (C=O) groups excluding carboxylic acids is 1. The van der Waals surface area contributed by atoms with Crippen LogP contribution in [0, 0.1) is 13.8 Å². The van der Waals surface area contributed by atoms with E-state index in [1.807, 2.05) is 66.4 Å². The number of carboxylic acid groups (broad SMARTS) is 1. The molecule has 0 spiro atoms. The van der Waals surface area contributed by atoms with Crippen LogP contribution < -0.4 is 25.4 Å². The Kier molecular flexibility index (Phi) is 17.1. The van der Waals surface area contributed by atoms with Crippen molar-refractivity contribution >= 4 is 50.6 Å². The van der Waals surface area contributed by atoms with Crippen LogP contribution in [0.4, 0.5) is 23.3 Å². The van der Waals surface area contributed by atoms with E-state index in [0.29, 0.717) is 34.5 Å². The van der Waals surface area contributed by atoms with Gasteiger partial charge in [-0.15, -0.1) is 0 Å². The molecule has 0 aliphatic carbocycles. The van der Waals surface area contributed by atoms with Crippen LogP contribution in [0.2, 0.25) is 0 Å². The van der Waals surface area contributed by atoms with Crippen molar-refractivity contribution in [2.75, 3.05) is 51.0 Å². The number of likely N-dealkylation sites (tertiary alicyclic amines) is 1. The number of carbonyl (C=O) groups is 2. The van der Waals surface area contributed by atoms with Crippen molar-refractivity contribution in [1.29, 1.82) is 0 Å². The Labute approximate surface area is 358 Å². The fraction of sp³-hybridized carbons (Fsp3) is 0.273. The molecule has 2 saturated heterocycles. The van der Waals surface area contributed by atoms with E-state index in [1.54, 1.807) is 58.3 Å². The smallest absolute Gasteiger partial charge is 0.337 e. The van der Waals surface area contributed by atoms with Crippen molar-refractivity contribution in [2.45, 2.75) is 39.5 Å². The zero-order chi connectivity index (χ0) is 43.6. The number of aryl methyl sites for hydroxylation is 2. The molecule has 6 aromatic rings. The van der Waals surface area contributed by atoms with Gasteiger partial charge in [-0.25, -0.2) is 24.7 Å². The average Bonchev–Trinajstić information content (AvgIpc) is 4.08. The third kappa shape index (κ3) is 13.1. The molecule has 310 valence electrons. The second-order valence-corrected chi connectivity index (χ2v) is 13.8. The Bertz CT molecular complexity index is 2300. The monoisotopic (exact) mass is 818 g/mol. The predicted octanol–water partition coefficient (Wildman–Crippen LogP) is 6.74. The fourth-order valence-corrected chi connectivity index (χ4v) is 6.26. The Hall–Kier alpha value is -6.87. The van der Waals surface area contributed by atoms with E-state index in [0.717, 1.165) is 65.4 Å². The lowest BCUT2D eigenvalue weighted by atomic mass is 9.81. The molecule has 4 radical (unpaired) electrons. The maximum absolute atomic E-state index is 12.7. The molecular weight excluding hydrogens is 770 g/mol. The van der Waals surface area contributed by atoms with Gasteiger partial charge in [0.2, 0.25) is 11.9 Å². The van der Waals surface area contributed by atoms with Gasteiger partial charge in [-0.2, -0.15) is 0 Å². The zero-order valence-electron chi connectivity index (χ0n) is 34.8. The summed E-state index contributed by atoms with van der Waals surface area (Å²) in [6.45, 7) is 7.62. The number of nitrogens with one attached hydrogen (secondary N) is 3. The largest absolute Gasteiger partial charge is 0.497 e. The molecule has 4 N–H and O–H groups in total. The lowest BCUT2D eigenvalue weighted by Gasteiger charge is -2.17. The number of carboxylic acids is 1. The summed E-state index contributed by atoms with van der Waals surface area (Å²) in [6, 6.07) is 18.6. The van der Waals surface area contributed by atoms with Crippen LogP contribution in [-0.4, -0.2) is 108 Å². The van der Waals surface area contributed by atoms with Gasteiger partial charge in [0.1, 0.15) is 11.5 Å². The lowest BCUT2D eigenvalue weighted by molar-refractivity contribution is 0.0694. The number of amides is 1. The van der Waals surface area contributed by atoms with Crippen molar-refractivity contribution in [3.05, 3.63) is 120 Å². The minimum atomic E-state index is -1.02. The molecule has 61 heavy (non-hydrogen) atoms. The van der Waals surface area contributed by atoms with Crippen molar-refractivity contribution in [1.82, 2.24) is 40.1 Å². The molecule has 2 fully saturated rings. The molecule has 2 aliphatic heterocycles. The summed E-state index contributed by atoms with van der Waals surface area (Å²) < 4.78 is 10.3. The number of ether oxygens (including phenoxy) is 2. The minimum Gasteiger partial charge on any atom is -0.497 e. The molecule has 6 heterocycles. The van der Waals surface area contributed by atoms with Gasteiger partial charge >= 0.3 is 5.97 Å². The maximum Gasteiger partial charge on any atom is 0.337 e. The number of aromatic nitrogens is 6. The first-order chi connectivity index (χ1) is 29.7. The highest BCUT2D eigenvalue weighted by atomic mass is 16.5. The number of benzene rings is 2. The number of methoxy groups -OCH3 is 2. The van der Waals surface area contributed by atoms with Gasteiger partial charge in [-0.05, 0) is 100 Å². The third-order valence-corrected chi connectivity index (χ3v) is 9.65. The summed E-state index contributed by atoms with van der Waals surface area (Å²) in [5.41, 5.74) is 6.89. The minimum absolute atomic E-state index is 0.0342. The van der Waals surface area contributed by atoms with Crippen molar-refractivity contribution in [2.24, 2.45) is 0 Å². The third-order valence-electron chi connectivity index (χ3n) is 9.65. The average molecular weight is 819 g/mol. The first kappa shape index (κ1) is 45.2. The number of rotatable bonds is 10. The normalized spacial score (nSPS) is 12.6. The van der Waals surface area contributed by atoms with E-state index in [1.165, 1.54) is 32.0 Å². The number of aromatic carboxylic acids is 1. The summed E-state index contributed by atoms with van der Waals surface area (Å²) >= 11 is 0. The van der Waals surface area contributed by atoms with Crippen LogP contribution in [0.1, 0.15) is 57.8 Å². The van der Waals surface area contributed by atoms with E-state index < -0.39 is 5.97 Å². The highest BCUT2D eigenvalue weighted by Gasteiger charge is 2.22. The first-order valence-electron chi connectivity index (χ1n) is 19.7. The summed E-state index contributed by atoms with van der Waals surface area (Å²) in [6.07, 6.45) is 15.0. The van der Waals surface area contributed by atoms with Crippen LogP contribution in [-0.2, 0) is 0 Å². The summed E-state index contributed by atoms with van der Waals surface area (Å²) in [5, 5.41) is 18.5. The van der Waals surface area contributed by atoms with Crippen LogP contribution in [0.25, 0.3) is 22.3 Å². The molecule has 0 saturated carbocycles. The topological polar surface area (TPSA) is 190 Å². The van der Waals surface area contributed by atoms with E-state index in [2.05, 4.69) is 61.3 Å². The van der Waals surface area contributed by atoms with Gasteiger partial charge in [-0.3, -0.25) is 14.8 Å². The Morgan fingerprint density at radius 1 is 0.607 bits per heavy atom. The standard InChI is InChI=1S/C22H23N5O2.C18H16N4O3.C4H9N.B2/c1-15-20(21(28)27-9-3-4-10-27)11-18(14-23-15)26-22-24-12-17(13-25-22)16-5-7-19(29-2)8-6-16;1-11-16(17(23)24)7-14(10-19-11)22-18-20-8-13(9-21-18)12-3-5-15(25-2)6-4-12;1-2-4-5-3-1;1-2/h5-8,11-14H,3-4,9-10H2,1-2H3,(H,24,25,26);3-10H,1-2H3,(H,23,24)(H,20,21,22);5H,1-4H2;. The lowest BCUT2D eigenvalue weighted by Crippen LogP contribution is -2.28. The second kappa shape index (κ2) is 23.1. The van der Waals surface area contributed by atoms with Gasteiger partial charge in [0.15, 0.2) is 0 Å². The Morgan fingerprint density at radius 3 is 1.39 bits per heavy atom. The Morgan fingerprint density at radius 2 is 1.02 bits per heavy atom. The molecule has 4 aromatic heterocycles. The molecule has 2 aromatic carbocycles. The van der Waals surface area contributed by atoms with Crippen LogP contribution in [0.5, 0.6) is 11.5 Å². The maximum atomic E-state index is 12.7. The SMILES string of the molecule is C1CCNC1.COc1ccc(-c2cnc(Nc3cnc(C)c(C(=O)N4CCCC4)c3)nc2)cc1.COc1ccc(-c2cnc(Nc3cnc(C)c(C(=O)O)c3)nc2)cc1.[B][B]. The number of pyridine rings is 2. The highest BCUT2D eigenvalue weighted by molar-refractivity contribution is 6.75. The molecule has 1 amide bonds. The number of hydrogen-bond acceptors (Lipinski definition) is 13. The Balaban J connectivity index is 0.000000201. The van der Waals surface area contributed by atoms with E-state index in [4.69, 9.17) is 14.6 Å². The van der Waals surface area contributed by atoms with Crippen LogP contribution in [0.15, 0.2) is 97.8 Å². The molecular formula is C44H48B2N10O5. The second-order valence-electron chi connectivity index (χ2n) is 13.8. The van der Waals surface area contributed by atoms with Crippen LogP contribution >= 0.6 is 0 Å². The number of nitrogens with zero attached hydrogens (tertiary/aromatic N) is 7. The van der Waals surface area contributed by atoms with E-state index in [-0.39, 0.29) is 11.5 Å².